The molecule has 3 aliphatic rings. The van der Waals surface area contributed by atoms with Gasteiger partial charge in [0.1, 0.15) is 0 Å². The van der Waals surface area contributed by atoms with E-state index in [1.165, 1.54) is 36.3 Å². The minimum atomic E-state index is 0.0896. The summed E-state index contributed by atoms with van der Waals surface area (Å²) in [6.45, 7) is 0. The van der Waals surface area contributed by atoms with Gasteiger partial charge in [0.15, 0.2) is 0 Å². The maximum absolute atomic E-state index is 12.5. The molecule has 0 aromatic heterocycles. The first-order valence-electron chi connectivity index (χ1n) is 8.68. The number of hydrogen-bond acceptors (Lipinski definition) is 4. The summed E-state index contributed by atoms with van der Waals surface area (Å²) in [5, 5.41) is 6.87. The lowest BCUT2D eigenvalue weighted by Gasteiger charge is -2.29. The van der Waals surface area contributed by atoms with Gasteiger partial charge >= 0.3 is 0 Å². The maximum atomic E-state index is 12.5. The number of carbonyl (C=O) groups excluding carboxylic acids is 1. The zero-order valence-corrected chi connectivity index (χ0v) is 14.9. The van der Waals surface area contributed by atoms with Crippen LogP contribution in [0.25, 0.3) is 0 Å². The Morgan fingerprint density at radius 2 is 1.70 bits per heavy atom. The number of hydrogen-bond donors (Lipinski definition) is 2. The van der Waals surface area contributed by atoms with Crippen LogP contribution in [0.15, 0.2) is 24.3 Å². The van der Waals surface area contributed by atoms with Crippen molar-refractivity contribution >= 4 is 29.4 Å². The first-order chi connectivity index (χ1) is 11.3. The SMILES string of the molecule is O=C(NC1CC2CCC(C1)N2)c1ccc(C2SCCCS2)cc1. The van der Waals surface area contributed by atoms with Crippen LogP contribution in [0.1, 0.15) is 52.6 Å². The monoisotopic (exact) mass is 348 g/mol. The Morgan fingerprint density at radius 3 is 2.35 bits per heavy atom. The fourth-order valence-corrected chi connectivity index (χ4v) is 6.81. The predicted molar refractivity (Wildman–Crippen MR) is 99.1 cm³/mol. The summed E-state index contributed by atoms with van der Waals surface area (Å²) < 4.78 is 0.543. The Morgan fingerprint density at radius 1 is 1.04 bits per heavy atom. The van der Waals surface area contributed by atoms with Gasteiger partial charge in [-0.05, 0) is 61.3 Å². The second kappa shape index (κ2) is 7.08. The topological polar surface area (TPSA) is 41.1 Å². The molecule has 5 heteroatoms. The second-order valence-electron chi connectivity index (χ2n) is 6.83. The van der Waals surface area contributed by atoms with Crippen molar-refractivity contribution in [3.05, 3.63) is 35.4 Å². The molecular weight excluding hydrogens is 324 g/mol. The third kappa shape index (κ3) is 3.72. The summed E-state index contributed by atoms with van der Waals surface area (Å²) in [7, 11) is 0. The highest BCUT2D eigenvalue weighted by Gasteiger charge is 2.34. The Bertz CT molecular complexity index is 545. The number of fused-ring (bicyclic) bond motifs is 2. The predicted octanol–water partition coefficient (Wildman–Crippen LogP) is 3.57. The van der Waals surface area contributed by atoms with Crippen LogP contribution in [0, 0.1) is 0 Å². The summed E-state index contributed by atoms with van der Waals surface area (Å²) in [5.74, 6) is 2.59. The van der Waals surface area contributed by atoms with Crippen LogP contribution in [-0.4, -0.2) is 35.5 Å². The van der Waals surface area contributed by atoms with E-state index in [0.29, 0.717) is 22.7 Å². The van der Waals surface area contributed by atoms with E-state index in [-0.39, 0.29) is 5.91 Å². The fourth-order valence-electron chi connectivity index (χ4n) is 3.92. The van der Waals surface area contributed by atoms with Gasteiger partial charge in [-0.3, -0.25) is 4.79 Å². The molecule has 1 aromatic carbocycles. The molecule has 2 N–H and O–H groups in total. The number of carbonyl (C=O) groups is 1. The number of thioether (sulfide) groups is 2. The molecule has 1 amide bonds. The van der Waals surface area contributed by atoms with Crippen molar-refractivity contribution in [2.24, 2.45) is 0 Å². The number of amides is 1. The highest BCUT2D eigenvalue weighted by Crippen LogP contribution is 2.43. The second-order valence-corrected chi connectivity index (χ2v) is 9.55. The van der Waals surface area contributed by atoms with Gasteiger partial charge in [-0.25, -0.2) is 0 Å². The van der Waals surface area contributed by atoms with Gasteiger partial charge in [0.25, 0.3) is 5.91 Å². The van der Waals surface area contributed by atoms with Crippen molar-refractivity contribution < 1.29 is 4.79 Å². The third-order valence-electron chi connectivity index (χ3n) is 5.08. The Hall–Kier alpha value is -0.650. The smallest absolute Gasteiger partial charge is 0.251 e. The molecule has 3 fully saturated rings. The van der Waals surface area contributed by atoms with Crippen LogP contribution in [0.3, 0.4) is 0 Å². The van der Waals surface area contributed by atoms with E-state index in [1.807, 2.05) is 35.7 Å². The van der Waals surface area contributed by atoms with E-state index >= 15 is 0 Å². The molecule has 3 nitrogen and oxygen atoms in total. The molecule has 124 valence electrons. The van der Waals surface area contributed by atoms with E-state index in [2.05, 4.69) is 22.8 Å². The zero-order chi connectivity index (χ0) is 15.6. The third-order valence-corrected chi connectivity index (χ3v) is 8.10. The molecule has 2 atom stereocenters. The Kier molecular flexibility index (Phi) is 4.88. The lowest BCUT2D eigenvalue weighted by molar-refractivity contribution is 0.0924. The molecule has 3 saturated heterocycles. The average Bonchev–Trinajstić information content (AvgIpc) is 2.94. The van der Waals surface area contributed by atoms with Crippen LogP contribution < -0.4 is 10.6 Å². The molecule has 23 heavy (non-hydrogen) atoms. The number of rotatable bonds is 3. The number of benzene rings is 1. The van der Waals surface area contributed by atoms with Gasteiger partial charge in [-0.2, -0.15) is 0 Å². The van der Waals surface area contributed by atoms with Gasteiger partial charge < -0.3 is 10.6 Å². The molecule has 4 rings (SSSR count). The van der Waals surface area contributed by atoms with Crippen molar-refractivity contribution in [2.45, 2.75) is 54.8 Å². The first kappa shape index (κ1) is 15.9. The molecular formula is C18H24N2OS2. The lowest BCUT2D eigenvalue weighted by Crippen LogP contribution is -2.48. The van der Waals surface area contributed by atoms with E-state index in [4.69, 9.17) is 0 Å². The normalized spacial score (nSPS) is 31.0. The Balaban J connectivity index is 1.36. The van der Waals surface area contributed by atoms with E-state index in [1.54, 1.807) is 0 Å². The fraction of sp³-hybridized carbons (Fsp3) is 0.611. The van der Waals surface area contributed by atoms with Crippen LogP contribution in [0.5, 0.6) is 0 Å². The standard InChI is InChI=1S/C18H24N2OS2/c21-17(20-16-10-14-6-7-15(11-16)19-14)12-2-4-13(5-3-12)18-22-8-1-9-23-18/h2-5,14-16,18-19H,1,6-11H2,(H,20,21). The molecule has 0 saturated carbocycles. The molecule has 2 unspecified atom stereocenters. The molecule has 3 heterocycles. The molecule has 0 spiro atoms. The minimum Gasteiger partial charge on any atom is -0.349 e. The summed E-state index contributed by atoms with van der Waals surface area (Å²) in [5.41, 5.74) is 2.14. The van der Waals surface area contributed by atoms with Crippen LogP contribution >= 0.6 is 23.5 Å². The average molecular weight is 349 g/mol. The van der Waals surface area contributed by atoms with Gasteiger partial charge in [0.2, 0.25) is 0 Å². The zero-order valence-electron chi connectivity index (χ0n) is 13.3. The van der Waals surface area contributed by atoms with Crippen molar-refractivity contribution in [3.63, 3.8) is 0 Å². The van der Waals surface area contributed by atoms with Crippen molar-refractivity contribution in [1.29, 1.82) is 0 Å². The Labute approximate surface area is 146 Å². The number of nitrogens with one attached hydrogen (secondary N) is 2. The van der Waals surface area contributed by atoms with Crippen molar-refractivity contribution in [1.82, 2.24) is 10.6 Å². The van der Waals surface area contributed by atoms with Crippen LogP contribution in [0.2, 0.25) is 0 Å². The molecule has 0 radical (unpaired) electrons. The summed E-state index contributed by atoms with van der Waals surface area (Å²) >= 11 is 4.04. The largest absolute Gasteiger partial charge is 0.349 e. The number of piperidine rings is 1. The molecule has 1 aromatic rings. The van der Waals surface area contributed by atoms with Crippen LogP contribution in [-0.2, 0) is 0 Å². The lowest BCUT2D eigenvalue weighted by atomic mass is 9.99. The van der Waals surface area contributed by atoms with E-state index in [9.17, 15) is 4.79 Å². The minimum absolute atomic E-state index is 0.0896. The first-order valence-corrected chi connectivity index (χ1v) is 10.8. The van der Waals surface area contributed by atoms with E-state index < -0.39 is 0 Å². The highest BCUT2D eigenvalue weighted by molar-refractivity contribution is 8.16. The summed E-state index contributed by atoms with van der Waals surface area (Å²) in [4.78, 5) is 12.5. The maximum Gasteiger partial charge on any atom is 0.251 e. The molecule has 3 aliphatic heterocycles. The van der Waals surface area contributed by atoms with Crippen molar-refractivity contribution in [3.8, 4) is 0 Å². The van der Waals surface area contributed by atoms with Gasteiger partial charge in [-0.15, -0.1) is 23.5 Å². The van der Waals surface area contributed by atoms with Crippen LogP contribution in [0.4, 0.5) is 0 Å². The summed E-state index contributed by atoms with van der Waals surface area (Å²) in [6, 6.07) is 9.83. The highest BCUT2D eigenvalue weighted by atomic mass is 32.2. The van der Waals surface area contributed by atoms with E-state index in [0.717, 1.165) is 18.4 Å². The van der Waals surface area contributed by atoms with Gasteiger partial charge in [-0.1, -0.05) is 12.1 Å². The molecule has 2 bridgehead atoms. The quantitative estimate of drug-likeness (QED) is 0.876. The molecule has 0 aliphatic carbocycles. The summed E-state index contributed by atoms with van der Waals surface area (Å²) in [6.07, 6.45) is 6.00. The van der Waals surface area contributed by atoms with Crippen molar-refractivity contribution in [2.75, 3.05) is 11.5 Å². The van der Waals surface area contributed by atoms with Gasteiger partial charge in [0.05, 0.1) is 4.58 Å². The van der Waals surface area contributed by atoms with Gasteiger partial charge in [0, 0.05) is 23.7 Å².